The van der Waals surface area contributed by atoms with Gasteiger partial charge in [0.1, 0.15) is 0 Å². The lowest BCUT2D eigenvalue weighted by Gasteiger charge is -2.37. The van der Waals surface area contributed by atoms with Crippen molar-refractivity contribution in [3.63, 3.8) is 0 Å². The van der Waals surface area contributed by atoms with Gasteiger partial charge in [-0.15, -0.1) is 5.10 Å². The molecule has 1 fully saturated rings. The van der Waals surface area contributed by atoms with Gasteiger partial charge in [0.2, 0.25) is 5.91 Å². The molecule has 0 unspecified atom stereocenters. The van der Waals surface area contributed by atoms with E-state index in [1.807, 2.05) is 4.90 Å². The minimum atomic E-state index is -4.37. The quantitative estimate of drug-likeness (QED) is 0.744. The predicted octanol–water partition coefficient (Wildman–Crippen LogP) is 3.46. The summed E-state index contributed by atoms with van der Waals surface area (Å²) in [5.74, 6) is -0.288. The van der Waals surface area contributed by atoms with Crippen molar-refractivity contribution >= 4 is 5.91 Å². The molecule has 1 aromatic carbocycles. The summed E-state index contributed by atoms with van der Waals surface area (Å²) in [7, 11) is 0. The number of hydrogen-bond donors (Lipinski definition) is 0. The summed E-state index contributed by atoms with van der Waals surface area (Å²) >= 11 is 0. The van der Waals surface area contributed by atoms with Crippen LogP contribution in [0, 0.1) is 5.92 Å². The van der Waals surface area contributed by atoms with Gasteiger partial charge in [0.15, 0.2) is 0 Å². The van der Waals surface area contributed by atoms with E-state index >= 15 is 0 Å². The second kappa shape index (κ2) is 8.75. The fraction of sp³-hybridized carbons (Fsp3) is 0.571. The van der Waals surface area contributed by atoms with E-state index in [4.69, 9.17) is 4.74 Å². The maximum atomic E-state index is 13.4. The van der Waals surface area contributed by atoms with Crippen molar-refractivity contribution < 1.29 is 22.7 Å². The van der Waals surface area contributed by atoms with Gasteiger partial charge in [0.25, 0.3) is 0 Å². The van der Waals surface area contributed by atoms with E-state index in [0.29, 0.717) is 39.1 Å². The first-order valence-corrected chi connectivity index (χ1v) is 10.3. The third-order valence-corrected chi connectivity index (χ3v) is 5.97. The number of ether oxygens (including phenoxy) is 1. The molecule has 1 saturated heterocycles. The Bertz CT molecular complexity index is 866. The minimum Gasteiger partial charge on any atom is -0.373 e. The van der Waals surface area contributed by atoms with Crippen LogP contribution in [0.1, 0.15) is 42.5 Å². The van der Waals surface area contributed by atoms with Gasteiger partial charge in [-0.2, -0.15) is 13.2 Å². The Labute approximate surface area is 173 Å². The highest BCUT2D eigenvalue weighted by Gasteiger charge is 2.33. The lowest BCUT2D eigenvalue weighted by atomic mass is 9.92. The van der Waals surface area contributed by atoms with E-state index in [1.165, 1.54) is 12.1 Å². The van der Waals surface area contributed by atoms with Crippen molar-refractivity contribution in [2.45, 2.75) is 57.5 Å². The molecule has 6 nitrogen and oxygen atoms in total. The van der Waals surface area contributed by atoms with Crippen molar-refractivity contribution in [1.29, 1.82) is 0 Å². The SMILES string of the molecule is O=C1[C@H](Cc2ccc(C(F)(F)F)cc2)CCn2nncc2COC[C@@H]2CCCCN12. The van der Waals surface area contributed by atoms with Crippen LogP contribution in [0.3, 0.4) is 0 Å². The zero-order chi connectivity index (χ0) is 21.1. The number of halogens is 3. The molecule has 0 aliphatic carbocycles. The number of alkyl halides is 3. The Balaban J connectivity index is 1.57. The average Bonchev–Trinajstić information content (AvgIpc) is 3.17. The number of rotatable bonds is 2. The smallest absolute Gasteiger partial charge is 0.373 e. The third-order valence-electron chi connectivity index (χ3n) is 5.97. The first-order valence-electron chi connectivity index (χ1n) is 10.3. The fourth-order valence-electron chi connectivity index (χ4n) is 4.28. The molecule has 0 bridgehead atoms. The maximum Gasteiger partial charge on any atom is 0.416 e. The molecule has 0 spiro atoms. The molecule has 1 amide bonds. The van der Waals surface area contributed by atoms with Gasteiger partial charge in [0, 0.05) is 19.0 Å². The third kappa shape index (κ3) is 4.66. The first kappa shape index (κ1) is 20.8. The number of carbonyl (C=O) groups is 1. The van der Waals surface area contributed by atoms with Crippen LogP contribution in [0.15, 0.2) is 30.5 Å². The Morgan fingerprint density at radius 1 is 1.10 bits per heavy atom. The molecular weight excluding hydrogens is 397 g/mol. The van der Waals surface area contributed by atoms with Crippen molar-refractivity contribution in [3.8, 4) is 0 Å². The van der Waals surface area contributed by atoms with E-state index in [1.54, 1.807) is 10.9 Å². The number of nitrogens with zero attached hydrogens (tertiary/aromatic N) is 4. The molecule has 1 aromatic heterocycles. The monoisotopic (exact) mass is 422 g/mol. The normalized spacial score (nSPS) is 23.4. The van der Waals surface area contributed by atoms with Crippen molar-refractivity contribution in [1.82, 2.24) is 19.9 Å². The number of carbonyl (C=O) groups excluding carboxylic acids is 1. The molecule has 3 heterocycles. The van der Waals surface area contributed by atoms with Gasteiger partial charge < -0.3 is 9.64 Å². The van der Waals surface area contributed by atoms with E-state index in [-0.39, 0.29) is 17.9 Å². The van der Waals surface area contributed by atoms with Crippen LogP contribution in [-0.2, 0) is 35.3 Å². The van der Waals surface area contributed by atoms with Crippen LogP contribution in [0.5, 0.6) is 0 Å². The van der Waals surface area contributed by atoms with Gasteiger partial charge in [-0.05, 0) is 49.8 Å². The molecule has 0 saturated carbocycles. The second-order valence-corrected chi connectivity index (χ2v) is 8.03. The van der Waals surface area contributed by atoms with Crippen LogP contribution >= 0.6 is 0 Å². The standard InChI is InChI=1S/C21H25F3N4O2/c22-21(23,24)17-6-4-15(5-7-17)11-16-8-10-28-19(12-25-26-28)14-30-13-18-3-1-2-9-27(18)20(16)29/h4-7,12,16,18H,1-3,8-11,13-14H2/t16-,18-/m0/s1. The summed E-state index contributed by atoms with van der Waals surface area (Å²) in [6.45, 7) is 2.07. The average molecular weight is 422 g/mol. The number of benzene rings is 1. The van der Waals surface area contributed by atoms with E-state index in [0.717, 1.165) is 42.7 Å². The summed E-state index contributed by atoms with van der Waals surface area (Å²) in [6, 6.07) is 5.14. The molecule has 0 N–H and O–H groups in total. The van der Waals surface area contributed by atoms with Gasteiger partial charge in [0.05, 0.1) is 36.7 Å². The zero-order valence-corrected chi connectivity index (χ0v) is 16.6. The van der Waals surface area contributed by atoms with E-state index in [2.05, 4.69) is 10.3 Å². The Morgan fingerprint density at radius 2 is 1.90 bits per heavy atom. The van der Waals surface area contributed by atoms with Crippen LogP contribution in [0.25, 0.3) is 0 Å². The molecule has 4 rings (SSSR count). The fourth-order valence-corrected chi connectivity index (χ4v) is 4.28. The van der Waals surface area contributed by atoms with Crippen molar-refractivity contribution in [2.24, 2.45) is 5.92 Å². The topological polar surface area (TPSA) is 60.3 Å². The lowest BCUT2D eigenvalue weighted by molar-refractivity contribution is -0.141. The van der Waals surface area contributed by atoms with Crippen LogP contribution in [0.2, 0.25) is 0 Å². The highest BCUT2D eigenvalue weighted by atomic mass is 19.4. The largest absolute Gasteiger partial charge is 0.416 e. The zero-order valence-electron chi connectivity index (χ0n) is 16.6. The summed E-state index contributed by atoms with van der Waals surface area (Å²) in [5.41, 5.74) is 0.903. The Morgan fingerprint density at radius 3 is 2.67 bits per heavy atom. The predicted molar refractivity (Wildman–Crippen MR) is 102 cm³/mol. The molecule has 2 aromatic rings. The number of hydrogen-bond acceptors (Lipinski definition) is 4. The molecular formula is C21H25F3N4O2. The van der Waals surface area contributed by atoms with Crippen LogP contribution in [0.4, 0.5) is 13.2 Å². The lowest BCUT2D eigenvalue weighted by Crippen LogP contribution is -2.48. The highest BCUT2D eigenvalue weighted by Crippen LogP contribution is 2.30. The van der Waals surface area contributed by atoms with E-state index < -0.39 is 11.7 Å². The Hall–Kier alpha value is -2.42. The van der Waals surface area contributed by atoms with Crippen LogP contribution < -0.4 is 0 Å². The highest BCUT2D eigenvalue weighted by molar-refractivity contribution is 5.79. The number of piperidine rings is 1. The molecule has 9 heteroatoms. The molecule has 2 aliphatic heterocycles. The van der Waals surface area contributed by atoms with Gasteiger partial charge in [-0.25, -0.2) is 4.68 Å². The first-order chi connectivity index (χ1) is 14.4. The second-order valence-electron chi connectivity index (χ2n) is 8.03. The summed E-state index contributed by atoms with van der Waals surface area (Å²) in [6.07, 6.45) is 1.15. The van der Waals surface area contributed by atoms with Gasteiger partial charge in [-0.3, -0.25) is 4.79 Å². The molecule has 2 aliphatic rings. The van der Waals surface area contributed by atoms with Crippen LogP contribution in [-0.4, -0.2) is 45.0 Å². The number of aryl methyl sites for hydroxylation is 1. The summed E-state index contributed by atoms with van der Waals surface area (Å²) in [5, 5.41) is 8.04. The number of aromatic nitrogens is 3. The minimum absolute atomic E-state index is 0.0313. The van der Waals surface area contributed by atoms with Gasteiger partial charge >= 0.3 is 6.18 Å². The molecule has 0 radical (unpaired) electrons. The molecule has 162 valence electrons. The maximum absolute atomic E-state index is 13.4. The summed E-state index contributed by atoms with van der Waals surface area (Å²) < 4.78 is 46.2. The van der Waals surface area contributed by atoms with Gasteiger partial charge in [-0.1, -0.05) is 17.3 Å². The Kier molecular flexibility index (Phi) is 6.08. The molecule has 2 atom stereocenters. The van der Waals surface area contributed by atoms with E-state index in [9.17, 15) is 18.0 Å². The molecule has 30 heavy (non-hydrogen) atoms. The summed E-state index contributed by atoms with van der Waals surface area (Å²) in [4.78, 5) is 15.4. The number of amides is 1. The van der Waals surface area contributed by atoms with Crippen molar-refractivity contribution in [3.05, 3.63) is 47.3 Å². The van der Waals surface area contributed by atoms with Crippen molar-refractivity contribution in [2.75, 3.05) is 13.2 Å². The number of fused-ring (bicyclic) bond motifs is 2.